The third-order valence-corrected chi connectivity index (χ3v) is 5.85. The van der Waals surface area contributed by atoms with Crippen molar-refractivity contribution in [1.82, 2.24) is 20.1 Å². The first-order valence-corrected chi connectivity index (χ1v) is 10.4. The first-order valence-electron chi connectivity index (χ1n) is 10.4. The van der Waals surface area contributed by atoms with Crippen LogP contribution in [0.1, 0.15) is 37.9 Å². The molecule has 1 aromatic heterocycles. The van der Waals surface area contributed by atoms with Crippen molar-refractivity contribution in [2.45, 2.75) is 32.1 Å². The first-order chi connectivity index (χ1) is 14.4. The van der Waals surface area contributed by atoms with Crippen LogP contribution >= 0.6 is 0 Å². The summed E-state index contributed by atoms with van der Waals surface area (Å²) in [6.45, 7) is 8.32. The van der Waals surface area contributed by atoms with E-state index in [0.717, 1.165) is 30.6 Å². The van der Waals surface area contributed by atoms with Gasteiger partial charge in [0.05, 0.1) is 11.2 Å². The van der Waals surface area contributed by atoms with Gasteiger partial charge in [-0.2, -0.15) is 0 Å². The minimum absolute atomic E-state index is 0.271. The molecule has 2 aliphatic heterocycles. The van der Waals surface area contributed by atoms with Gasteiger partial charge in [0.1, 0.15) is 5.75 Å². The molecule has 2 aromatic rings. The molecule has 0 unspecified atom stereocenters. The predicted molar refractivity (Wildman–Crippen MR) is 115 cm³/mol. The molecule has 1 saturated heterocycles. The molecule has 0 atom stereocenters. The number of amides is 1. The van der Waals surface area contributed by atoms with Crippen LogP contribution in [0.15, 0.2) is 24.4 Å². The van der Waals surface area contributed by atoms with Crippen molar-refractivity contribution in [2.75, 3.05) is 32.7 Å². The summed E-state index contributed by atoms with van der Waals surface area (Å²) >= 11 is 0. The van der Waals surface area contributed by atoms with E-state index in [-0.39, 0.29) is 5.41 Å². The molecule has 8 nitrogen and oxygen atoms in total. The molecule has 0 saturated carbocycles. The lowest BCUT2D eigenvalue weighted by Gasteiger charge is -2.24. The molecule has 4 rings (SSSR count). The lowest BCUT2D eigenvalue weighted by molar-refractivity contribution is 0.197. The summed E-state index contributed by atoms with van der Waals surface area (Å²) < 4.78 is 6.68. The van der Waals surface area contributed by atoms with Crippen LogP contribution in [0.25, 0.3) is 17.0 Å². The van der Waals surface area contributed by atoms with Gasteiger partial charge in [0.15, 0.2) is 0 Å². The van der Waals surface area contributed by atoms with Crippen LogP contribution in [0.3, 0.4) is 0 Å². The van der Waals surface area contributed by atoms with Crippen LogP contribution in [0.2, 0.25) is 0 Å². The molecule has 1 fully saturated rings. The van der Waals surface area contributed by atoms with Gasteiger partial charge in [-0.25, -0.2) is 14.2 Å². The maximum atomic E-state index is 12.2. The zero-order valence-electron chi connectivity index (χ0n) is 17.4. The third-order valence-electron chi connectivity index (χ3n) is 5.85. The number of rotatable bonds is 4. The van der Waals surface area contributed by atoms with E-state index in [1.165, 1.54) is 17.4 Å². The zero-order valence-corrected chi connectivity index (χ0v) is 17.4. The van der Waals surface area contributed by atoms with E-state index in [2.05, 4.69) is 29.4 Å². The molecular formula is C22H28N4O4. The number of hydrogen-bond donors (Lipinski definition) is 3. The van der Waals surface area contributed by atoms with E-state index >= 15 is 0 Å². The Morgan fingerprint density at radius 1 is 1.27 bits per heavy atom. The SMILES string of the molecule is CC1(C)CNC=Cc2c1c1ccc(OC(=O)NCCN3CCCC3)cc1n2C(=O)O. The Bertz CT molecular complexity index is 1000. The van der Waals surface area contributed by atoms with E-state index in [1.54, 1.807) is 24.4 Å². The molecule has 0 radical (unpaired) electrons. The van der Waals surface area contributed by atoms with E-state index in [1.807, 2.05) is 6.07 Å². The Balaban J connectivity index is 1.58. The number of ether oxygens (including phenoxy) is 1. The Kier molecular flexibility index (Phi) is 5.42. The first kappa shape index (κ1) is 20.3. The summed E-state index contributed by atoms with van der Waals surface area (Å²) in [7, 11) is 0. The molecule has 3 N–H and O–H groups in total. The van der Waals surface area contributed by atoms with Crippen LogP contribution in [0.5, 0.6) is 5.75 Å². The molecule has 2 aliphatic rings. The largest absolute Gasteiger partial charge is 0.464 e. The second-order valence-electron chi connectivity index (χ2n) is 8.52. The standard InChI is InChI=1S/C22H28N4O4/c1-22(2)14-23-8-7-17-19(22)16-6-5-15(13-18(16)26(17)21(28)29)30-20(27)24-9-12-25-10-3-4-11-25/h5-8,13,23H,3-4,9-12,14H2,1-2H3,(H,24,27)(H,28,29). The summed E-state index contributed by atoms with van der Waals surface area (Å²) in [5.41, 5.74) is 1.82. The highest BCUT2D eigenvalue weighted by atomic mass is 16.6. The number of carbonyl (C=O) groups excluding carboxylic acids is 1. The number of hydrogen-bond acceptors (Lipinski definition) is 5. The molecular weight excluding hydrogens is 384 g/mol. The molecule has 1 amide bonds. The topological polar surface area (TPSA) is 95.8 Å². The number of nitrogens with one attached hydrogen (secondary N) is 2. The predicted octanol–water partition coefficient (Wildman–Crippen LogP) is 3.20. The molecule has 0 aliphatic carbocycles. The minimum Gasteiger partial charge on any atom is -0.464 e. The van der Waals surface area contributed by atoms with Crippen molar-refractivity contribution in [3.63, 3.8) is 0 Å². The quantitative estimate of drug-likeness (QED) is 0.714. The average molecular weight is 412 g/mol. The van der Waals surface area contributed by atoms with Gasteiger partial charge in [0.25, 0.3) is 0 Å². The van der Waals surface area contributed by atoms with E-state index in [9.17, 15) is 14.7 Å². The fraction of sp³-hybridized carbons (Fsp3) is 0.455. The van der Waals surface area contributed by atoms with Crippen molar-refractivity contribution in [2.24, 2.45) is 0 Å². The van der Waals surface area contributed by atoms with Crippen molar-refractivity contribution in [3.05, 3.63) is 35.7 Å². The third kappa shape index (κ3) is 3.87. The maximum Gasteiger partial charge on any atom is 0.416 e. The van der Waals surface area contributed by atoms with Gasteiger partial charge < -0.3 is 25.4 Å². The Morgan fingerprint density at radius 2 is 2.03 bits per heavy atom. The molecule has 0 spiro atoms. The molecule has 8 heteroatoms. The van der Waals surface area contributed by atoms with Crippen LogP contribution in [0.4, 0.5) is 9.59 Å². The fourth-order valence-electron chi connectivity index (χ4n) is 4.43. The van der Waals surface area contributed by atoms with Gasteiger partial charge in [0.2, 0.25) is 0 Å². The van der Waals surface area contributed by atoms with Gasteiger partial charge in [0, 0.05) is 36.5 Å². The van der Waals surface area contributed by atoms with Gasteiger partial charge in [-0.1, -0.05) is 13.8 Å². The van der Waals surface area contributed by atoms with Crippen molar-refractivity contribution < 1.29 is 19.4 Å². The summed E-state index contributed by atoms with van der Waals surface area (Å²) in [5, 5.41) is 16.7. The van der Waals surface area contributed by atoms with Crippen molar-refractivity contribution in [3.8, 4) is 5.75 Å². The van der Waals surface area contributed by atoms with Gasteiger partial charge >= 0.3 is 12.2 Å². The van der Waals surface area contributed by atoms with Crippen LogP contribution in [0, 0.1) is 0 Å². The van der Waals surface area contributed by atoms with Gasteiger partial charge in [-0.05, 0) is 55.9 Å². The normalized spacial score (nSPS) is 17.9. The molecule has 3 heterocycles. The summed E-state index contributed by atoms with van der Waals surface area (Å²) in [6, 6.07) is 5.17. The lowest BCUT2D eigenvalue weighted by Crippen LogP contribution is -2.35. The number of fused-ring (bicyclic) bond motifs is 3. The van der Waals surface area contributed by atoms with Crippen molar-refractivity contribution >= 4 is 29.2 Å². The highest BCUT2D eigenvalue weighted by molar-refractivity contribution is 5.97. The number of benzene rings is 1. The number of nitrogens with zero attached hydrogens (tertiary/aromatic N) is 2. The van der Waals surface area contributed by atoms with Crippen molar-refractivity contribution in [1.29, 1.82) is 0 Å². The van der Waals surface area contributed by atoms with E-state index in [4.69, 9.17) is 4.74 Å². The number of aromatic nitrogens is 1. The van der Waals surface area contributed by atoms with E-state index < -0.39 is 12.2 Å². The number of carboxylic acid groups (broad SMARTS) is 1. The lowest BCUT2D eigenvalue weighted by atomic mass is 9.83. The van der Waals surface area contributed by atoms with Gasteiger partial charge in [-0.3, -0.25) is 0 Å². The van der Waals surface area contributed by atoms with Gasteiger partial charge in [-0.15, -0.1) is 0 Å². The smallest absolute Gasteiger partial charge is 0.416 e. The number of likely N-dealkylation sites (tertiary alicyclic amines) is 1. The van der Waals surface area contributed by atoms with Crippen LogP contribution in [-0.4, -0.2) is 59.5 Å². The zero-order chi connectivity index (χ0) is 21.3. The van der Waals surface area contributed by atoms with Crippen LogP contribution < -0.4 is 15.4 Å². The highest BCUT2D eigenvalue weighted by Crippen LogP contribution is 2.38. The Hall–Kier alpha value is -3.00. The molecule has 30 heavy (non-hydrogen) atoms. The number of carbonyl (C=O) groups is 2. The summed E-state index contributed by atoms with van der Waals surface area (Å²) in [4.78, 5) is 26.6. The Morgan fingerprint density at radius 3 is 2.77 bits per heavy atom. The fourth-order valence-corrected chi connectivity index (χ4v) is 4.43. The average Bonchev–Trinajstić information content (AvgIpc) is 3.27. The van der Waals surface area contributed by atoms with Crippen LogP contribution in [-0.2, 0) is 5.41 Å². The monoisotopic (exact) mass is 412 g/mol. The molecule has 1 aromatic carbocycles. The minimum atomic E-state index is -1.07. The highest BCUT2D eigenvalue weighted by Gasteiger charge is 2.32. The molecule has 160 valence electrons. The molecule has 0 bridgehead atoms. The summed E-state index contributed by atoms with van der Waals surface area (Å²) in [6.07, 6.45) is 4.36. The summed E-state index contributed by atoms with van der Waals surface area (Å²) in [5.74, 6) is 0.316. The maximum absolute atomic E-state index is 12.2. The second kappa shape index (κ2) is 8.02. The Labute approximate surface area is 175 Å². The second-order valence-corrected chi connectivity index (χ2v) is 8.52. The van der Waals surface area contributed by atoms with E-state index in [0.29, 0.717) is 30.0 Å².